The van der Waals surface area contributed by atoms with Crippen LogP contribution in [0.2, 0.25) is 0 Å². The van der Waals surface area contributed by atoms with E-state index in [9.17, 15) is 9.59 Å². The van der Waals surface area contributed by atoms with Crippen LogP contribution in [-0.2, 0) is 16.0 Å². The molecule has 0 spiro atoms. The molecule has 1 unspecified atom stereocenters. The minimum Gasteiger partial charge on any atom is -0.386 e. The Balaban J connectivity index is 1.78. The Morgan fingerprint density at radius 3 is 2.41 bits per heavy atom. The van der Waals surface area contributed by atoms with E-state index in [1.54, 1.807) is 0 Å². The van der Waals surface area contributed by atoms with Gasteiger partial charge < -0.3 is 16.4 Å². The van der Waals surface area contributed by atoms with E-state index in [0.717, 1.165) is 30.8 Å². The summed E-state index contributed by atoms with van der Waals surface area (Å²) in [5.41, 5.74) is 8.70. The summed E-state index contributed by atoms with van der Waals surface area (Å²) in [6.07, 6.45) is 10.7. The van der Waals surface area contributed by atoms with Gasteiger partial charge in [0.25, 0.3) is 0 Å². The predicted molar refractivity (Wildman–Crippen MR) is 111 cm³/mol. The average molecular weight is 375 g/mol. The summed E-state index contributed by atoms with van der Waals surface area (Å²) in [5.74, 6) is -0.439. The SMILES string of the molecule is CNc1cc(CCCCCCCCCN)ccc1NC1CCC(=O)NC1=O. The molecule has 1 aromatic rings. The standard InChI is InChI=1S/C21H34N4O2/c1-23-19-15-16(9-7-5-3-2-4-6-8-14-22)10-11-17(19)24-18-12-13-20(26)25-21(18)27/h10-11,15,18,23-24H,2-9,12-14,22H2,1H3,(H,25,26,27). The number of imide groups is 1. The van der Waals surface area contributed by atoms with Gasteiger partial charge in [-0.2, -0.15) is 0 Å². The molecule has 2 rings (SSSR count). The Labute approximate surface area is 162 Å². The van der Waals surface area contributed by atoms with Crippen molar-refractivity contribution in [1.82, 2.24) is 5.32 Å². The number of carbonyl (C=O) groups is 2. The molecule has 1 heterocycles. The van der Waals surface area contributed by atoms with Crippen LogP contribution in [0.1, 0.15) is 63.4 Å². The van der Waals surface area contributed by atoms with Gasteiger partial charge in [-0.25, -0.2) is 0 Å². The fraction of sp³-hybridized carbons (Fsp3) is 0.619. The highest BCUT2D eigenvalue weighted by atomic mass is 16.2. The van der Waals surface area contributed by atoms with E-state index in [4.69, 9.17) is 5.73 Å². The molecule has 1 aromatic carbocycles. The Bertz CT molecular complexity index is 618. The monoisotopic (exact) mass is 374 g/mol. The Morgan fingerprint density at radius 1 is 1.04 bits per heavy atom. The van der Waals surface area contributed by atoms with Gasteiger partial charge in [-0.05, 0) is 49.9 Å². The number of rotatable bonds is 12. The molecule has 6 heteroatoms. The van der Waals surface area contributed by atoms with Crippen LogP contribution in [0.25, 0.3) is 0 Å². The summed E-state index contributed by atoms with van der Waals surface area (Å²) in [6, 6.07) is 5.93. The van der Waals surface area contributed by atoms with E-state index in [2.05, 4.69) is 28.1 Å². The van der Waals surface area contributed by atoms with E-state index < -0.39 is 0 Å². The topological polar surface area (TPSA) is 96.2 Å². The molecular weight excluding hydrogens is 340 g/mol. The molecule has 27 heavy (non-hydrogen) atoms. The average Bonchev–Trinajstić information content (AvgIpc) is 2.67. The summed E-state index contributed by atoms with van der Waals surface area (Å²) in [4.78, 5) is 23.2. The van der Waals surface area contributed by atoms with E-state index in [1.165, 1.54) is 44.1 Å². The van der Waals surface area contributed by atoms with Crippen LogP contribution >= 0.6 is 0 Å². The fourth-order valence-corrected chi connectivity index (χ4v) is 3.46. The molecule has 150 valence electrons. The van der Waals surface area contributed by atoms with Crippen molar-refractivity contribution < 1.29 is 9.59 Å². The van der Waals surface area contributed by atoms with Gasteiger partial charge in [0, 0.05) is 13.5 Å². The molecule has 0 saturated carbocycles. The number of hydrogen-bond donors (Lipinski definition) is 4. The summed E-state index contributed by atoms with van der Waals surface area (Å²) in [7, 11) is 1.89. The molecule has 5 N–H and O–H groups in total. The molecule has 1 aliphatic heterocycles. The third-order valence-corrected chi connectivity index (χ3v) is 5.09. The molecule has 1 aliphatic rings. The maximum Gasteiger partial charge on any atom is 0.249 e. The molecule has 1 saturated heterocycles. The maximum absolute atomic E-state index is 11.9. The van der Waals surface area contributed by atoms with E-state index >= 15 is 0 Å². The highest BCUT2D eigenvalue weighted by Crippen LogP contribution is 2.26. The first-order valence-corrected chi connectivity index (χ1v) is 10.2. The predicted octanol–water partition coefficient (Wildman–Crippen LogP) is 3.18. The van der Waals surface area contributed by atoms with Gasteiger partial charge in [0.1, 0.15) is 6.04 Å². The van der Waals surface area contributed by atoms with Gasteiger partial charge in [0.05, 0.1) is 11.4 Å². The maximum atomic E-state index is 11.9. The number of benzene rings is 1. The van der Waals surface area contributed by atoms with Gasteiger partial charge in [0.15, 0.2) is 0 Å². The zero-order valence-electron chi connectivity index (χ0n) is 16.5. The molecule has 2 amide bonds. The Kier molecular flexibility index (Phi) is 9.11. The van der Waals surface area contributed by atoms with Crippen molar-refractivity contribution in [1.29, 1.82) is 0 Å². The lowest BCUT2D eigenvalue weighted by Gasteiger charge is -2.24. The third kappa shape index (κ3) is 7.21. The van der Waals surface area contributed by atoms with Crippen LogP contribution in [-0.4, -0.2) is 31.4 Å². The number of amides is 2. The first-order chi connectivity index (χ1) is 13.1. The molecule has 0 radical (unpaired) electrons. The highest BCUT2D eigenvalue weighted by molar-refractivity contribution is 6.01. The largest absolute Gasteiger partial charge is 0.386 e. The molecule has 1 atom stereocenters. The quantitative estimate of drug-likeness (QED) is 0.333. The van der Waals surface area contributed by atoms with E-state index in [0.29, 0.717) is 12.8 Å². The normalized spacial score (nSPS) is 16.9. The van der Waals surface area contributed by atoms with Crippen LogP contribution in [0.3, 0.4) is 0 Å². The van der Waals surface area contributed by atoms with Crippen molar-refractivity contribution in [2.75, 3.05) is 24.2 Å². The van der Waals surface area contributed by atoms with Gasteiger partial charge in [-0.1, -0.05) is 38.2 Å². The number of anilines is 2. The van der Waals surface area contributed by atoms with Crippen molar-refractivity contribution in [3.8, 4) is 0 Å². The smallest absolute Gasteiger partial charge is 0.249 e. The second-order valence-corrected chi connectivity index (χ2v) is 7.29. The minimum absolute atomic E-state index is 0.193. The van der Waals surface area contributed by atoms with E-state index in [-0.39, 0.29) is 17.9 Å². The van der Waals surface area contributed by atoms with Crippen molar-refractivity contribution in [3.05, 3.63) is 23.8 Å². The molecule has 6 nitrogen and oxygen atoms in total. The summed E-state index contributed by atoms with van der Waals surface area (Å²) < 4.78 is 0. The number of unbranched alkanes of at least 4 members (excludes halogenated alkanes) is 6. The van der Waals surface area contributed by atoms with Crippen LogP contribution in [0.5, 0.6) is 0 Å². The van der Waals surface area contributed by atoms with Crippen molar-refractivity contribution in [2.45, 2.75) is 70.3 Å². The fourth-order valence-electron chi connectivity index (χ4n) is 3.46. The molecule has 0 bridgehead atoms. The number of aryl methyl sites for hydroxylation is 1. The summed E-state index contributed by atoms with van der Waals surface area (Å²) in [5, 5.41) is 8.86. The van der Waals surface area contributed by atoms with Gasteiger partial charge in [0.2, 0.25) is 11.8 Å². The van der Waals surface area contributed by atoms with Crippen LogP contribution in [0, 0.1) is 0 Å². The van der Waals surface area contributed by atoms with Gasteiger partial charge >= 0.3 is 0 Å². The summed E-state index contributed by atoms with van der Waals surface area (Å²) >= 11 is 0. The zero-order chi connectivity index (χ0) is 19.5. The third-order valence-electron chi connectivity index (χ3n) is 5.09. The van der Waals surface area contributed by atoms with Crippen LogP contribution in [0.4, 0.5) is 11.4 Å². The number of nitrogens with two attached hydrogens (primary N) is 1. The van der Waals surface area contributed by atoms with Crippen molar-refractivity contribution in [3.63, 3.8) is 0 Å². The first-order valence-electron chi connectivity index (χ1n) is 10.2. The summed E-state index contributed by atoms with van der Waals surface area (Å²) in [6.45, 7) is 0.808. The van der Waals surface area contributed by atoms with Crippen molar-refractivity contribution >= 4 is 23.2 Å². The van der Waals surface area contributed by atoms with Gasteiger partial charge in [-0.15, -0.1) is 0 Å². The van der Waals surface area contributed by atoms with E-state index in [1.807, 2.05) is 13.1 Å². The highest BCUT2D eigenvalue weighted by Gasteiger charge is 2.26. The second-order valence-electron chi connectivity index (χ2n) is 7.29. The minimum atomic E-state index is -0.361. The Hall–Kier alpha value is -2.08. The first kappa shape index (κ1) is 21.2. The zero-order valence-corrected chi connectivity index (χ0v) is 16.5. The molecule has 0 aromatic heterocycles. The Morgan fingerprint density at radius 2 is 1.74 bits per heavy atom. The number of piperidine rings is 1. The van der Waals surface area contributed by atoms with Crippen molar-refractivity contribution in [2.24, 2.45) is 5.73 Å². The number of nitrogens with one attached hydrogen (secondary N) is 3. The lowest BCUT2D eigenvalue weighted by Crippen LogP contribution is -2.47. The molecule has 0 aliphatic carbocycles. The molecular formula is C21H34N4O2. The van der Waals surface area contributed by atoms with Gasteiger partial charge in [-0.3, -0.25) is 14.9 Å². The lowest BCUT2D eigenvalue weighted by atomic mass is 10.0. The second kappa shape index (κ2) is 11.6. The lowest BCUT2D eigenvalue weighted by molar-refractivity contribution is -0.133. The number of hydrogen-bond acceptors (Lipinski definition) is 5. The number of carbonyl (C=O) groups excluding carboxylic acids is 2. The van der Waals surface area contributed by atoms with Crippen LogP contribution in [0.15, 0.2) is 18.2 Å². The van der Waals surface area contributed by atoms with Crippen LogP contribution < -0.4 is 21.7 Å². The molecule has 1 fully saturated rings.